The van der Waals surface area contributed by atoms with E-state index >= 15 is 4.39 Å². The Hall–Kier alpha value is -3.55. The maximum absolute atomic E-state index is 15.0. The van der Waals surface area contributed by atoms with Gasteiger partial charge < -0.3 is 14.2 Å². The summed E-state index contributed by atoms with van der Waals surface area (Å²) in [6.45, 7) is 6.04. The molecule has 182 valence electrons. The maximum Gasteiger partial charge on any atom is 0.335 e. The minimum absolute atomic E-state index is 0.111. The van der Waals surface area contributed by atoms with Crippen LogP contribution in [0.4, 0.5) is 8.78 Å². The number of fused-ring (bicyclic) bond motifs is 1. The average Bonchev–Trinajstić information content (AvgIpc) is 3.33. The van der Waals surface area contributed by atoms with Gasteiger partial charge in [0.15, 0.2) is 0 Å². The second-order valence-corrected chi connectivity index (χ2v) is 9.84. The summed E-state index contributed by atoms with van der Waals surface area (Å²) >= 11 is 0. The highest BCUT2D eigenvalue weighted by molar-refractivity contribution is 5.96. The number of carbonyl (C=O) groups is 1. The number of benzene rings is 1. The number of hydrogen-bond donors (Lipinski definition) is 1. The van der Waals surface area contributed by atoms with Crippen molar-refractivity contribution < 1.29 is 23.2 Å². The van der Waals surface area contributed by atoms with Crippen LogP contribution in [-0.4, -0.2) is 31.5 Å². The average molecular weight is 480 g/mol. The van der Waals surface area contributed by atoms with Crippen LogP contribution in [0.2, 0.25) is 0 Å². The van der Waals surface area contributed by atoms with Crippen molar-refractivity contribution in [3.8, 4) is 22.3 Å². The molecular weight excluding hydrogens is 452 g/mol. The number of carboxylic acids is 1. The molecule has 3 heterocycles. The summed E-state index contributed by atoms with van der Waals surface area (Å²) in [5, 5.41) is 13.3. The van der Waals surface area contributed by atoms with E-state index in [9.17, 15) is 14.3 Å². The number of alkyl halides is 1. The molecule has 0 aliphatic heterocycles. The molecule has 1 fully saturated rings. The van der Waals surface area contributed by atoms with Crippen LogP contribution in [0.1, 0.15) is 54.4 Å². The molecule has 1 aliphatic carbocycles. The smallest absolute Gasteiger partial charge is 0.335 e. The fourth-order valence-electron chi connectivity index (χ4n) is 5.15. The van der Waals surface area contributed by atoms with Gasteiger partial charge in [-0.25, -0.2) is 13.6 Å². The van der Waals surface area contributed by atoms with Gasteiger partial charge in [-0.2, -0.15) is 0 Å². The standard InChI is InChI=1S/C27H27F2N3O3/c1-15-24(16(2)35-31-15)19-11-23-25(30-12-19)21(20-5-4-18(26(33)34)10-22(20)28)14-32(23)13-17-6-8-27(3,29)9-7-17/h4-5,10-12,14,17H,6-9,13H2,1-3H3,(H,33,34). The Morgan fingerprint density at radius 1 is 1.23 bits per heavy atom. The van der Waals surface area contributed by atoms with Gasteiger partial charge in [-0.1, -0.05) is 11.2 Å². The van der Waals surface area contributed by atoms with Crippen LogP contribution in [-0.2, 0) is 6.54 Å². The zero-order valence-electron chi connectivity index (χ0n) is 19.9. The summed E-state index contributed by atoms with van der Waals surface area (Å²) in [6.07, 6.45) is 6.20. The highest BCUT2D eigenvalue weighted by atomic mass is 19.1. The van der Waals surface area contributed by atoms with Gasteiger partial charge in [-0.3, -0.25) is 4.98 Å². The van der Waals surface area contributed by atoms with Crippen molar-refractivity contribution in [2.45, 2.75) is 58.7 Å². The molecule has 0 bridgehead atoms. The van der Waals surface area contributed by atoms with Gasteiger partial charge in [0.05, 0.1) is 22.3 Å². The van der Waals surface area contributed by atoms with Crippen molar-refractivity contribution in [3.05, 3.63) is 59.5 Å². The molecule has 1 saturated carbocycles. The summed E-state index contributed by atoms with van der Waals surface area (Å²) in [7, 11) is 0. The molecule has 8 heteroatoms. The van der Waals surface area contributed by atoms with Crippen molar-refractivity contribution in [3.63, 3.8) is 0 Å². The summed E-state index contributed by atoms with van der Waals surface area (Å²) < 4.78 is 36.8. The molecule has 5 rings (SSSR count). The molecule has 35 heavy (non-hydrogen) atoms. The van der Waals surface area contributed by atoms with Gasteiger partial charge >= 0.3 is 5.97 Å². The molecule has 6 nitrogen and oxygen atoms in total. The monoisotopic (exact) mass is 479 g/mol. The molecule has 0 amide bonds. The maximum atomic E-state index is 15.0. The van der Waals surface area contributed by atoms with E-state index < -0.39 is 17.5 Å². The zero-order chi connectivity index (χ0) is 24.9. The Morgan fingerprint density at radius 2 is 1.97 bits per heavy atom. The lowest BCUT2D eigenvalue weighted by atomic mass is 9.81. The second kappa shape index (κ2) is 8.59. The number of halogens is 2. The Morgan fingerprint density at radius 3 is 2.60 bits per heavy atom. The number of aromatic carboxylic acids is 1. The predicted octanol–water partition coefficient (Wildman–Crippen LogP) is 6.73. The number of carboxylic acid groups (broad SMARTS) is 1. The molecular formula is C27H27F2N3O3. The number of nitrogens with zero attached hydrogens (tertiary/aromatic N) is 3. The van der Waals surface area contributed by atoms with Crippen LogP contribution >= 0.6 is 0 Å². The van der Waals surface area contributed by atoms with Crippen LogP contribution in [0.3, 0.4) is 0 Å². The Bertz CT molecular complexity index is 1410. The minimum atomic E-state index is -1.18. The Labute approximate surface area is 201 Å². The fraction of sp³-hybridized carbons (Fsp3) is 0.370. The number of aromatic nitrogens is 3. The third kappa shape index (κ3) is 4.33. The second-order valence-electron chi connectivity index (χ2n) is 9.84. The first-order chi connectivity index (χ1) is 16.6. The number of rotatable bonds is 5. The van der Waals surface area contributed by atoms with E-state index in [1.165, 1.54) is 12.1 Å². The molecule has 0 atom stereocenters. The van der Waals surface area contributed by atoms with E-state index in [4.69, 9.17) is 9.51 Å². The largest absolute Gasteiger partial charge is 0.478 e. The Kier molecular flexibility index (Phi) is 5.69. The van der Waals surface area contributed by atoms with E-state index in [-0.39, 0.29) is 11.1 Å². The van der Waals surface area contributed by atoms with E-state index in [1.54, 1.807) is 13.1 Å². The molecule has 1 aliphatic rings. The van der Waals surface area contributed by atoms with Crippen LogP contribution < -0.4 is 0 Å². The highest BCUT2D eigenvalue weighted by Gasteiger charge is 2.31. The number of hydrogen-bond acceptors (Lipinski definition) is 4. The quantitative estimate of drug-likeness (QED) is 0.343. The summed E-state index contributed by atoms with van der Waals surface area (Å²) in [4.78, 5) is 16.0. The van der Waals surface area contributed by atoms with Crippen molar-refractivity contribution >= 4 is 17.0 Å². The first-order valence-corrected chi connectivity index (χ1v) is 11.8. The molecule has 0 unspecified atom stereocenters. The topological polar surface area (TPSA) is 81.2 Å². The molecule has 0 saturated heterocycles. The normalized spacial score (nSPS) is 20.4. The summed E-state index contributed by atoms with van der Waals surface area (Å²) in [5.74, 6) is -0.820. The molecule has 1 aromatic carbocycles. The van der Waals surface area contributed by atoms with Crippen molar-refractivity contribution in [2.24, 2.45) is 5.92 Å². The van der Waals surface area contributed by atoms with Crippen LogP contribution in [0, 0.1) is 25.6 Å². The molecule has 0 spiro atoms. The van der Waals surface area contributed by atoms with Gasteiger partial charge in [0.25, 0.3) is 0 Å². The third-order valence-corrected chi connectivity index (χ3v) is 7.15. The first-order valence-electron chi connectivity index (χ1n) is 11.8. The van der Waals surface area contributed by atoms with Gasteiger partial charge in [0.2, 0.25) is 0 Å². The van der Waals surface area contributed by atoms with Crippen LogP contribution in [0.15, 0.2) is 41.2 Å². The highest BCUT2D eigenvalue weighted by Crippen LogP contribution is 2.38. The first kappa shape index (κ1) is 23.2. The minimum Gasteiger partial charge on any atom is -0.478 e. The fourth-order valence-corrected chi connectivity index (χ4v) is 5.15. The number of pyridine rings is 1. The Balaban J connectivity index is 1.62. The van der Waals surface area contributed by atoms with Gasteiger partial charge in [0.1, 0.15) is 17.2 Å². The van der Waals surface area contributed by atoms with Crippen molar-refractivity contribution in [1.82, 2.24) is 14.7 Å². The van der Waals surface area contributed by atoms with Crippen molar-refractivity contribution in [1.29, 1.82) is 0 Å². The van der Waals surface area contributed by atoms with Gasteiger partial charge in [-0.15, -0.1) is 0 Å². The van der Waals surface area contributed by atoms with E-state index in [1.807, 2.05) is 26.1 Å². The van der Waals surface area contributed by atoms with E-state index in [2.05, 4.69) is 9.72 Å². The molecule has 0 radical (unpaired) electrons. The van der Waals surface area contributed by atoms with Gasteiger partial charge in [0, 0.05) is 41.2 Å². The third-order valence-electron chi connectivity index (χ3n) is 7.15. The molecule has 4 aromatic rings. The predicted molar refractivity (Wildman–Crippen MR) is 129 cm³/mol. The van der Waals surface area contributed by atoms with Crippen molar-refractivity contribution in [2.75, 3.05) is 0 Å². The lowest BCUT2D eigenvalue weighted by Crippen LogP contribution is -2.27. The van der Waals surface area contributed by atoms with Gasteiger partial charge in [-0.05, 0) is 70.6 Å². The molecule has 1 N–H and O–H groups in total. The SMILES string of the molecule is Cc1noc(C)c1-c1cnc2c(-c3ccc(C(=O)O)cc3F)cn(CC3CCC(C)(F)CC3)c2c1. The van der Waals surface area contributed by atoms with E-state index in [0.29, 0.717) is 42.1 Å². The van der Waals surface area contributed by atoms with Crippen LogP contribution in [0.5, 0.6) is 0 Å². The van der Waals surface area contributed by atoms with Crippen LogP contribution in [0.25, 0.3) is 33.3 Å². The lowest BCUT2D eigenvalue weighted by molar-refractivity contribution is 0.0696. The summed E-state index contributed by atoms with van der Waals surface area (Å²) in [6, 6.07) is 5.91. The summed E-state index contributed by atoms with van der Waals surface area (Å²) in [5.41, 5.74) is 3.57. The molecule has 3 aromatic heterocycles. The number of aryl methyl sites for hydroxylation is 2. The zero-order valence-corrected chi connectivity index (χ0v) is 19.9. The van der Waals surface area contributed by atoms with E-state index in [0.717, 1.165) is 41.2 Å². The lowest BCUT2D eigenvalue weighted by Gasteiger charge is -2.31.